The first-order chi connectivity index (χ1) is 18.5. The van der Waals surface area contributed by atoms with E-state index in [1.807, 2.05) is 6.92 Å². The minimum Gasteiger partial charge on any atom is -0.481 e. The molecule has 0 aliphatic carbocycles. The van der Waals surface area contributed by atoms with Crippen LogP contribution in [0.25, 0.3) is 0 Å². The molecule has 0 heterocycles. The van der Waals surface area contributed by atoms with Gasteiger partial charge in [0.05, 0.1) is 0 Å². The summed E-state index contributed by atoms with van der Waals surface area (Å²) in [5.41, 5.74) is 5.75. The molecule has 0 aliphatic heterocycles. The van der Waals surface area contributed by atoms with Crippen LogP contribution in [0.1, 0.15) is 187 Å². The van der Waals surface area contributed by atoms with Gasteiger partial charge in [0.2, 0.25) is 0 Å². The third kappa shape index (κ3) is 26.5. The van der Waals surface area contributed by atoms with E-state index in [1.54, 1.807) is 0 Å². The molecule has 0 aromatic carbocycles. The average molecular weight is 540 g/mol. The van der Waals surface area contributed by atoms with Crippen molar-refractivity contribution in [2.24, 2.45) is 5.73 Å². The van der Waals surface area contributed by atoms with E-state index >= 15 is 0 Å². The van der Waals surface area contributed by atoms with Gasteiger partial charge in [-0.15, -0.1) is 0 Å². The van der Waals surface area contributed by atoms with Crippen LogP contribution in [-0.2, 0) is 14.3 Å². The molecule has 1 unspecified atom stereocenters. The largest absolute Gasteiger partial charge is 0.481 e. The second-order valence-corrected chi connectivity index (χ2v) is 11.6. The maximum atomic E-state index is 12.0. The number of carboxylic acid groups (broad SMARTS) is 1. The summed E-state index contributed by atoms with van der Waals surface area (Å²) < 4.78 is 5.49. The number of hydrogen-bond donors (Lipinski definition) is 2. The van der Waals surface area contributed by atoms with E-state index in [0.717, 1.165) is 19.3 Å². The summed E-state index contributed by atoms with van der Waals surface area (Å²) in [5, 5.41) is 8.71. The van der Waals surface area contributed by atoms with E-state index in [9.17, 15) is 9.59 Å². The zero-order valence-corrected chi connectivity index (χ0v) is 25.5. The molecule has 0 aromatic rings. The van der Waals surface area contributed by atoms with E-state index in [-0.39, 0.29) is 18.9 Å². The van der Waals surface area contributed by atoms with Crippen molar-refractivity contribution < 1.29 is 19.4 Å². The van der Waals surface area contributed by atoms with Crippen molar-refractivity contribution in [2.45, 2.75) is 199 Å². The first-order valence-electron chi connectivity index (χ1n) is 16.7. The molecular formula is C33H65NO4. The van der Waals surface area contributed by atoms with Crippen LogP contribution in [0.2, 0.25) is 0 Å². The number of carboxylic acids is 1. The summed E-state index contributed by atoms with van der Waals surface area (Å²) in [6.07, 6.45) is 33.4. The van der Waals surface area contributed by atoms with Gasteiger partial charge in [0.25, 0.3) is 0 Å². The molecule has 38 heavy (non-hydrogen) atoms. The predicted molar refractivity (Wildman–Crippen MR) is 161 cm³/mol. The van der Waals surface area contributed by atoms with Gasteiger partial charge in [-0.05, 0) is 25.7 Å². The van der Waals surface area contributed by atoms with E-state index in [0.29, 0.717) is 0 Å². The van der Waals surface area contributed by atoms with Gasteiger partial charge in [0.1, 0.15) is 12.1 Å². The zero-order valence-electron chi connectivity index (χ0n) is 25.5. The van der Waals surface area contributed by atoms with Crippen LogP contribution >= 0.6 is 0 Å². The van der Waals surface area contributed by atoms with Crippen molar-refractivity contribution in [3.05, 3.63) is 0 Å². The van der Waals surface area contributed by atoms with Gasteiger partial charge in [-0.1, -0.05) is 155 Å². The Hall–Kier alpha value is -1.10. The lowest BCUT2D eigenvalue weighted by molar-refractivity contribution is -0.151. The van der Waals surface area contributed by atoms with Crippen LogP contribution in [0.3, 0.4) is 0 Å². The number of carbonyl (C=O) groups is 2. The lowest BCUT2D eigenvalue weighted by Gasteiger charge is -2.18. The van der Waals surface area contributed by atoms with Crippen molar-refractivity contribution in [3.8, 4) is 0 Å². The van der Waals surface area contributed by atoms with Crippen molar-refractivity contribution in [1.29, 1.82) is 0 Å². The first kappa shape index (κ1) is 36.9. The summed E-state index contributed by atoms with van der Waals surface area (Å²) in [5.74, 6) is -1.41. The fourth-order valence-electron chi connectivity index (χ4n) is 5.15. The monoisotopic (exact) mass is 539 g/mol. The van der Waals surface area contributed by atoms with Gasteiger partial charge in [-0.25, -0.2) is 0 Å². The molecule has 3 N–H and O–H groups in total. The summed E-state index contributed by atoms with van der Waals surface area (Å²) in [6.45, 7) is 4.30. The van der Waals surface area contributed by atoms with Crippen molar-refractivity contribution in [1.82, 2.24) is 0 Å². The molecule has 5 nitrogen and oxygen atoms in total. The van der Waals surface area contributed by atoms with Gasteiger partial charge >= 0.3 is 11.9 Å². The minimum absolute atomic E-state index is 0.103. The Kier molecular flexibility index (Phi) is 28.1. The molecule has 2 atom stereocenters. The molecule has 0 amide bonds. The molecule has 0 saturated heterocycles. The number of aliphatic carboxylic acids is 1. The Balaban J connectivity index is 3.34. The Bertz CT molecular complexity index is 525. The van der Waals surface area contributed by atoms with E-state index in [2.05, 4.69) is 6.92 Å². The van der Waals surface area contributed by atoms with Crippen LogP contribution in [0.5, 0.6) is 0 Å². The third-order valence-electron chi connectivity index (χ3n) is 7.84. The Labute approximate surface area is 236 Å². The molecule has 0 aromatic heterocycles. The minimum atomic E-state index is -0.940. The fourth-order valence-corrected chi connectivity index (χ4v) is 5.15. The molecule has 0 radical (unpaired) electrons. The molecule has 0 spiro atoms. The molecular weight excluding hydrogens is 474 g/mol. The maximum Gasteiger partial charge on any atom is 0.323 e. The van der Waals surface area contributed by atoms with Crippen LogP contribution in [-0.4, -0.2) is 29.2 Å². The highest BCUT2D eigenvalue weighted by Crippen LogP contribution is 2.17. The fraction of sp³-hybridized carbons (Fsp3) is 0.939. The van der Waals surface area contributed by atoms with Crippen LogP contribution < -0.4 is 5.73 Å². The number of hydrogen-bond acceptors (Lipinski definition) is 4. The van der Waals surface area contributed by atoms with Crippen LogP contribution in [0.15, 0.2) is 0 Å². The van der Waals surface area contributed by atoms with Crippen molar-refractivity contribution in [3.63, 3.8) is 0 Å². The summed E-state index contributed by atoms with van der Waals surface area (Å²) >= 11 is 0. The van der Waals surface area contributed by atoms with Gasteiger partial charge in [-0.3, -0.25) is 9.59 Å². The summed E-state index contributed by atoms with van der Waals surface area (Å²) in [6, 6.07) is -0.838. The molecule has 0 rings (SSSR count). The highest BCUT2D eigenvalue weighted by atomic mass is 16.5. The first-order valence-corrected chi connectivity index (χ1v) is 16.7. The molecule has 0 saturated carbocycles. The van der Waals surface area contributed by atoms with E-state index in [4.69, 9.17) is 15.6 Å². The Morgan fingerprint density at radius 3 is 1.24 bits per heavy atom. The molecule has 5 heteroatoms. The lowest BCUT2D eigenvalue weighted by atomic mass is 10.0. The Morgan fingerprint density at radius 2 is 0.921 bits per heavy atom. The number of nitrogens with two attached hydrogens (primary N) is 1. The maximum absolute atomic E-state index is 12.0. The SMILES string of the molecule is CCCCCCCCCCCCCCCCCCCCCCCCCC(CC)OC(=O)[C@@H](N)CCC(=O)O. The highest BCUT2D eigenvalue weighted by Gasteiger charge is 2.20. The third-order valence-corrected chi connectivity index (χ3v) is 7.84. The summed E-state index contributed by atoms with van der Waals surface area (Å²) in [7, 11) is 0. The van der Waals surface area contributed by atoms with Gasteiger partial charge < -0.3 is 15.6 Å². The number of ether oxygens (including phenoxy) is 1. The smallest absolute Gasteiger partial charge is 0.323 e. The van der Waals surface area contributed by atoms with Crippen LogP contribution in [0.4, 0.5) is 0 Å². The van der Waals surface area contributed by atoms with E-state index < -0.39 is 18.0 Å². The lowest BCUT2D eigenvalue weighted by Crippen LogP contribution is -2.35. The molecule has 0 fully saturated rings. The van der Waals surface area contributed by atoms with Gasteiger partial charge in [0, 0.05) is 6.42 Å². The zero-order chi connectivity index (χ0) is 28.1. The Morgan fingerprint density at radius 1 is 0.579 bits per heavy atom. The predicted octanol–water partition coefficient (Wildman–Crippen LogP) is 9.88. The van der Waals surface area contributed by atoms with Crippen LogP contribution in [0, 0.1) is 0 Å². The van der Waals surface area contributed by atoms with E-state index in [1.165, 1.54) is 141 Å². The summed E-state index contributed by atoms with van der Waals surface area (Å²) in [4.78, 5) is 22.6. The second-order valence-electron chi connectivity index (χ2n) is 11.6. The van der Waals surface area contributed by atoms with Crippen molar-refractivity contribution in [2.75, 3.05) is 0 Å². The topological polar surface area (TPSA) is 89.6 Å². The highest BCUT2D eigenvalue weighted by molar-refractivity contribution is 5.76. The molecule has 0 bridgehead atoms. The average Bonchev–Trinajstić information content (AvgIpc) is 2.91. The van der Waals surface area contributed by atoms with Gasteiger partial charge in [0.15, 0.2) is 0 Å². The molecule has 226 valence electrons. The van der Waals surface area contributed by atoms with Gasteiger partial charge in [-0.2, -0.15) is 0 Å². The number of esters is 1. The number of rotatable bonds is 30. The standard InChI is InChI=1S/C33H65NO4/c1-3-5-6-7-8-9-10-11-12-13-14-15-16-17-18-19-20-21-22-23-24-25-26-27-30(4-2)38-33(37)31(34)28-29-32(35)36/h30-31H,3-29,34H2,1-2H3,(H,35,36)/t30?,31-/m0/s1. The normalized spacial score (nSPS) is 12.9. The number of carbonyl (C=O) groups excluding carboxylic acids is 1. The van der Waals surface area contributed by atoms with Crippen molar-refractivity contribution >= 4 is 11.9 Å². The second kappa shape index (κ2) is 28.9. The number of unbranched alkanes of at least 4 members (excludes halogenated alkanes) is 22. The molecule has 0 aliphatic rings. The quantitative estimate of drug-likeness (QED) is 0.0700.